The maximum Gasteiger partial charge on any atom is 0.260 e. The molecule has 1 saturated carbocycles. The number of hydrogen-bond acceptors (Lipinski definition) is 8. The molecule has 11 heteroatoms. The number of halogens is 1. The Bertz CT molecular complexity index is 2460. The molecule has 5 aromatic rings. The van der Waals surface area contributed by atoms with Crippen LogP contribution in [-0.2, 0) is 24.6 Å². The number of nitrogens with one attached hydrogen (secondary N) is 2. The molecule has 2 heterocycles. The van der Waals surface area contributed by atoms with Gasteiger partial charge < -0.3 is 15.2 Å². The second-order valence-corrected chi connectivity index (χ2v) is 16.1. The Morgan fingerprint density at radius 1 is 0.772 bits per heavy atom. The maximum atomic E-state index is 15.4. The summed E-state index contributed by atoms with van der Waals surface area (Å²) in [6.07, 6.45) is 2.35. The average Bonchev–Trinajstić information content (AvgIpc) is 3.61. The third kappa shape index (κ3) is 5.74. The number of ether oxygens (including phenoxy) is 1. The molecule has 9 rings (SSSR count). The zero-order valence-electron chi connectivity index (χ0n) is 31.2. The van der Waals surface area contributed by atoms with E-state index in [9.17, 15) is 19.5 Å². The van der Waals surface area contributed by atoms with Crippen molar-refractivity contribution in [2.45, 2.75) is 31.1 Å². The molecular weight excluding hydrogens is 784 g/mol. The molecule has 2 aliphatic heterocycles. The van der Waals surface area contributed by atoms with Crippen molar-refractivity contribution in [3.05, 3.63) is 154 Å². The number of methoxy groups -OCH3 is 1. The first-order chi connectivity index (χ1) is 27.6. The lowest BCUT2D eigenvalue weighted by atomic mass is 9.49. The number of phenolic OH excluding ortho intramolecular Hbond substituents is 1. The molecule has 5 aromatic carbocycles. The molecule has 3 fully saturated rings. The Labute approximate surface area is 338 Å². The predicted octanol–water partition coefficient (Wildman–Crippen LogP) is 8.40. The molecule has 286 valence electrons. The minimum Gasteiger partial charge on any atom is -0.504 e. The van der Waals surface area contributed by atoms with Crippen LogP contribution < -0.4 is 20.4 Å². The Morgan fingerprint density at radius 2 is 1.42 bits per heavy atom. The number of fused-ring (bicyclic) bond motifs is 4. The number of hydrogen-bond donors (Lipinski definition) is 3. The molecule has 10 nitrogen and oxygen atoms in total. The highest BCUT2D eigenvalue weighted by Crippen LogP contribution is 2.65. The van der Waals surface area contributed by atoms with Crippen molar-refractivity contribution in [1.82, 2.24) is 5.01 Å². The Kier molecular flexibility index (Phi) is 9.00. The van der Waals surface area contributed by atoms with Gasteiger partial charge in [0.15, 0.2) is 11.5 Å². The van der Waals surface area contributed by atoms with Crippen LogP contribution in [-0.4, -0.2) is 40.9 Å². The van der Waals surface area contributed by atoms with Gasteiger partial charge in [0, 0.05) is 27.3 Å². The highest BCUT2D eigenvalue weighted by molar-refractivity contribution is 9.10. The van der Waals surface area contributed by atoms with Crippen LogP contribution in [0.15, 0.2) is 137 Å². The third-order valence-electron chi connectivity index (χ3n) is 12.2. The fraction of sp³-hybridized carbons (Fsp3) is 0.217. The number of allylic oxidation sites excluding steroid dienone is 2. The molecule has 0 radical (unpaired) electrons. The molecule has 2 saturated heterocycles. The largest absolute Gasteiger partial charge is 0.504 e. The summed E-state index contributed by atoms with van der Waals surface area (Å²) in [5, 5.41) is 16.4. The van der Waals surface area contributed by atoms with Gasteiger partial charge in [-0.05, 0) is 91.9 Å². The Morgan fingerprint density at radius 3 is 2.11 bits per heavy atom. The lowest BCUT2D eigenvalue weighted by molar-refractivity contribution is -0.138. The highest BCUT2D eigenvalue weighted by Gasteiger charge is 2.70. The smallest absolute Gasteiger partial charge is 0.260 e. The number of phenols is 1. The molecule has 0 spiro atoms. The number of carbonyl (C=O) groups excluding carboxylic acids is 4. The number of para-hydroxylation sites is 1. The normalized spacial score (nSPS) is 25.1. The van der Waals surface area contributed by atoms with Gasteiger partial charge in [0.1, 0.15) is 0 Å². The van der Waals surface area contributed by atoms with E-state index in [-0.39, 0.29) is 36.2 Å². The van der Waals surface area contributed by atoms with Crippen LogP contribution >= 0.6 is 15.9 Å². The summed E-state index contributed by atoms with van der Waals surface area (Å²) in [5.74, 6) is -5.52. The number of rotatable bonds is 8. The van der Waals surface area contributed by atoms with E-state index >= 15 is 4.79 Å². The van der Waals surface area contributed by atoms with Gasteiger partial charge in [-0.2, -0.15) is 5.01 Å². The van der Waals surface area contributed by atoms with E-state index in [1.54, 1.807) is 24.3 Å². The van der Waals surface area contributed by atoms with Crippen molar-refractivity contribution < 1.29 is 29.0 Å². The molecule has 4 aliphatic rings. The van der Waals surface area contributed by atoms with E-state index in [0.29, 0.717) is 27.0 Å². The summed E-state index contributed by atoms with van der Waals surface area (Å²) in [6.45, 7) is 1.95. The number of aryl methyl sites for hydroxylation is 1. The standard InChI is InChI=1S/C46H39BrN4O6/c1-26-13-15-31(16-14-26)49-51-43(54)37-25-35-33(40(36-23-28(47)24-38(57-2)41(36)52)46(37,45(51)56)27-9-5-3-6-10-27)21-22-34-39(35)44(55)50(42(34)53)32-19-17-30(18-20-32)48-29-11-7-4-8-12-29/h3-21,23-24,34-35,37,39-40,48-49,52H,22,25H2,1-2H3/t34-,35+,37-,39-,40+,46+/m0/s1. The van der Waals surface area contributed by atoms with E-state index in [1.165, 1.54) is 12.0 Å². The number of aromatic hydroxyl groups is 1. The number of hydrazine groups is 1. The van der Waals surface area contributed by atoms with Gasteiger partial charge in [0.05, 0.1) is 41.7 Å². The zero-order valence-corrected chi connectivity index (χ0v) is 32.8. The van der Waals surface area contributed by atoms with Gasteiger partial charge in [-0.1, -0.05) is 93.8 Å². The zero-order chi connectivity index (χ0) is 39.6. The molecule has 2 aliphatic carbocycles. The molecule has 6 atom stereocenters. The number of carbonyl (C=O) groups is 4. The quantitative estimate of drug-likeness (QED) is 0.105. The molecule has 57 heavy (non-hydrogen) atoms. The van der Waals surface area contributed by atoms with Crippen molar-refractivity contribution in [2.24, 2.45) is 23.7 Å². The van der Waals surface area contributed by atoms with Gasteiger partial charge in [0.25, 0.3) is 11.8 Å². The van der Waals surface area contributed by atoms with Crippen molar-refractivity contribution in [3.63, 3.8) is 0 Å². The summed E-state index contributed by atoms with van der Waals surface area (Å²) in [5.41, 5.74) is 7.02. The second-order valence-electron chi connectivity index (χ2n) is 15.2. The van der Waals surface area contributed by atoms with Crippen LogP contribution in [0.4, 0.5) is 22.7 Å². The van der Waals surface area contributed by atoms with Gasteiger partial charge in [-0.15, -0.1) is 0 Å². The van der Waals surface area contributed by atoms with Crippen molar-refractivity contribution in [1.29, 1.82) is 0 Å². The van der Waals surface area contributed by atoms with Crippen LogP contribution in [0.5, 0.6) is 11.5 Å². The van der Waals surface area contributed by atoms with Gasteiger partial charge in [-0.25, -0.2) is 0 Å². The van der Waals surface area contributed by atoms with Crippen LogP contribution in [0, 0.1) is 30.6 Å². The number of nitrogens with zero attached hydrogens (tertiary/aromatic N) is 2. The van der Waals surface area contributed by atoms with E-state index in [1.807, 2.05) is 110 Å². The third-order valence-corrected chi connectivity index (χ3v) is 12.6. The number of imide groups is 2. The Balaban J connectivity index is 1.17. The van der Waals surface area contributed by atoms with Gasteiger partial charge in [0.2, 0.25) is 11.8 Å². The highest BCUT2D eigenvalue weighted by atomic mass is 79.9. The van der Waals surface area contributed by atoms with Crippen molar-refractivity contribution >= 4 is 62.3 Å². The minimum absolute atomic E-state index is 0.133. The fourth-order valence-electron chi connectivity index (χ4n) is 9.70. The van der Waals surface area contributed by atoms with Gasteiger partial charge >= 0.3 is 0 Å². The first-order valence-corrected chi connectivity index (χ1v) is 19.7. The van der Waals surface area contributed by atoms with Crippen LogP contribution in [0.2, 0.25) is 0 Å². The van der Waals surface area contributed by atoms with E-state index in [2.05, 4.69) is 26.7 Å². The Hall–Kier alpha value is -6.20. The number of benzene rings is 5. The van der Waals surface area contributed by atoms with Crippen LogP contribution in [0.1, 0.15) is 35.4 Å². The lowest BCUT2D eigenvalue weighted by Crippen LogP contribution is -2.53. The number of amides is 4. The lowest BCUT2D eigenvalue weighted by Gasteiger charge is -2.50. The molecule has 4 amide bonds. The minimum atomic E-state index is -1.54. The predicted molar refractivity (Wildman–Crippen MR) is 220 cm³/mol. The molecule has 3 N–H and O–H groups in total. The summed E-state index contributed by atoms with van der Waals surface area (Å²) < 4.78 is 6.22. The van der Waals surface area contributed by atoms with Crippen molar-refractivity contribution in [2.75, 3.05) is 22.8 Å². The second kappa shape index (κ2) is 14.1. The number of anilines is 4. The summed E-state index contributed by atoms with van der Waals surface area (Å²) in [4.78, 5) is 60.8. The average molecular weight is 824 g/mol. The van der Waals surface area contributed by atoms with E-state index in [0.717, 1.165) is 27.5 Å². The SMILES string of the molecule is COc1cc(Br)cc([C@H]2C3=CC[C@@H]4C(=O)N(c5ccc(Nc6ccccc6)cc5)C(=O)[C@@H]4[C@@H]3C[C@H]3C(=O)N(Nc4ccc(C)cc4)C(=O)[C@@]23c2ccccc2)c1O. The summed E-state index contributed by atoms with van der Waals surface area (Å²) >= 11 is 3.60. The fourth-order valence-corrected chi connectivity index (χ4v) is 10.2. The van der Waals surface area contributed by atoms with Crippen LogP contribution in [0.25, 0.3) is 0 Å². The molecule has 0 bridgehead atoms. The van der Waals surface area contributed by atoms with Crippen LogP contribution in [0.3, 0.4) is 0 Å². The van der Waals surface area contributed by atoms with Gasteiger partial charge in [-0.3, -0.25) is 29.5 Å². The first kappa shape index (κ1) is 36.4. The first-order valence-electron chi connectivity index (χ1n) is 18.9. The summed E-state index contributed by atoms with van der Waals surface area (Å²) in [6, 6.07) is 36.9. The topological polar surface area (TPSA) is 128 Å². The molecular formula is C46H39BrN4O6. The van der Waals surface area contributed by atoms with E-state index < -0.39 is 46.8 Å². The monoisotopic (exact) mass is 822 g/mol. The molecule has 0 unspecified atom stereocenters. The van der Waals surface area contributed by atoms with E-state index in [4.69, 9.17) is 4.74 Å². The maximum absolute atomic E-state index is 15.4. The summed E-state index contributed by atoms with van der Waals surface area (Å²) in [7, 11) is 1.45. The van der Waals surface area contributed by atoms with Crippen molar-refractivity contribution in [3.8, 4) is 11.5 Å². The molecule has 0 aromatic heterocycles.